The van der Waals surface area contributed by atoms with Gasteiger partial charge in [-0.05, 0) is 48.4 Å². The van der Waals surface area contributed by atoms with E-state index in [0.29, 0.717) is 17.5 Å². The second-order valence-corrected chi connectivity index (χ2v) is 9.37. The van der Waals surface area contributed by atoms with Crippen molar-refractivity contribution < 1.29 is 4.42 Å². The van der Waals surface area contributed by atoms with Gasteiger partial charge in [-0.25, -0.2) is 9.97 Å². The molecule has 1 saturated carbocycles. The van der Waals surface area contributed by atoms with E-state index in [2.05, 4.69) is 34.5 Å². The van der Waals surface area contributed by atoms with E-state index in [0.717, 1.165) is 49.8 Å². The number of rotatable bonds is 6. The monoisotopic (exact) mass is 442 g/mol. The summed E-state index contributed by atoms with van der Waals surface area (Å²) in [6.07, 6.45) is 11.3. The first-order valence-corrected chi connectivity index (χ1v) is 12.1. The van der Waals surface area contributed by atoms with Crippen molar-refractivity contribution >= 4 is 11.6 Å². The van der Waals surface area contributed by atoms with Crippen LogP contribution in [0.5, 0.6) is 0 Å². The van der Waals surface area contributed by atoms with E-state index >= 15 is 0 Å². The van der Waals surface area contributed by atoms with E-state index in [4.69, 9.17) is 19.5 Å². The summed E-state index contributed by atoms with van der Waals surface area (Å²) in [6.45, 7) is 3.71. The Morgan fingerprint density at radius 3 is 2.76 bits per heavy atom. The first-order valence-electron chi connectivity index (χ1n) is 12.1. The second kappa shape index (κ2) is 8.98. The molecule has 0 unspecified atom stereocenters. The van der Waals surface area contributed by atoms with Crippen molar-refractivity contribution in [2.45, 2.75) is 51.6 Å². The molecular weight excluding hydrogens is 412 g/mol. The zero-order chi connectivity index (χ0) is 22.0. The maximum Gasteiger partial charge on any atom is 0.225 e. The van der Waals surface area contributed by atoms with Gasteiger partial charge in [0.2, 0.25) is 11.8 Å². The van der Waals surface area contributed by atoms with Crippen LogP contribution in [-0.2, 0) is 19.5 Å². The fourth-order valence-electron chi connectivity index (χ4n) is 5.22. The molecular formula is C26H30N6O. The van der Waals surface area contributed by atoms with Crippen molar-refractivity contribution in [3.8, 4) is 11.6 Å². The Morgan fingerprint density at radius 2 is 1.91 bits per heavy atom. The molecule has 1 aliphatic carbocycles. The third-order valence-electron chi connectivity index (χ3n) is 7.06. The van der Waals surface area contributed by atoms with Crippen LogP contribution in [0.3, 0.4) is 0 Å². The molecule has 2 aliphatic rings. The normalized spacial score (nSPS) is 17.3. The summed E-state index contributed by atoms with van der Waals surface area (Å²) in [4.78, 5) is 12.1. The van der Waals surface area contributed by atoms with E-state index < -0.39 is 0 Å². The first kappa shape index (κ1) is 20.4. The third-order valence-corrected chi connectivity index (χ3v) is 7.06. The number of nitrogens with one attached hydrogen (secondary N) is 1. The SMILES string of the molecule is c1coc(-c2nc3c(CN4CCc5ccccc5C4)cnc(NCC4CCCCC4)n3n2)c1. The van der Waals surface area contributed by atoms with Crippen LogP contribution in [0.1, 0.15) is 48.8 Å². The Kier molecular flexibility index (Phi) is 5.56. The summed E-state index contributed by atoms with van der Waals surface area (Å²) in [5, 5.41) is 8.34. The molecule has 0 radical (unpaired) electrons. The van der Waals surface area contributed by atoms with Crippen LogP contribution in [0.4, 0.5) is 5.95 Å². The fourth-order valence-corrected chi connectivity index (χ4v) is 5.22. The second-order valence-electron chi connectivity index (χ2n) is 9.37. The van der Waals surface area contributed by atoms with E-state index in [1.165, 1.54) is 43.2 Å². The van der Waals surface area contributed by atoms with Gasteiger partial charge >= 0.3 is 0 Å². The molecule has 0 amide bonds. The summed E-state index contributed by atoms with van der Waals surface area (Å²) in [5.74, 6) is 2.74. The van der Waals surface area contributed by atoms with Gasteiger partial charge < -0.3 is 9.73 Å². The van der Waals surface area contributed by atoms with E-state index in [9.17, 15) is 0 Å². The van der Waals surface area contributed by atoms with E-state index in [1.807, 2.05) is 22.8 Å². The molecule has 1 aromatic carbocycles. The minimum atomic E-state index is 0.596. The van der Waals surface area contributed by atoms with Gasteiger partial charge in [0.05, 0.1) is 6.26 Å². The topological polar surface area (TPSA) is 71.5 Å². The lowest BCUT2D eigenvalue weighted by atomic mass is 9.89. The van der Waals surface area contributed by atoms with Gasteiger partial charge in [0.25, 0.3) is 0 Å². The molecule has 0 atom stereocenters. The molecule has 1 N–H and O–H groups in total. The Bertz CT molecular complexity index is 1230. The molecule has 4 aromatic rings. The lowest BCUT2D eigenvalue weighted by Gasteiger charge is -2.28. The molecule has 7 heteroatoms. The molecule has 33 heavy (non-hydrogen) atoms. The largest absolute Gasteiger partial charge is 0.461 e. The number of benzene rings is 1. The van der Waals surface area contributed by atoms with Crippen molar-refractivity contribution in [2.24, 2.45) is 5.92 Å². The van der Waals surface area contributed by atoms with Crippen LogP contribution in [-0.4, -0.2) is 37.6 Å². The molecule has 7 nitrogen and oxygen atoms in total. The van der Waals surface area contributed by atoms with Gasteiger partial charge in [0.15, 0.2) is 11.4 Å². The predicted octanol–water partition coefficient (Wildman–Crippen LogP) is 4.93. The van der Waals surface area contributed by atoms with Crippen LogP contribution in [0.2, 0.25) is 0 Å². The van der Waals surface area contributed by atoms with Crippen molar-refractivity contribution in [2.75, 3.05) is 18.4 Å². The minimum absolute atomic E-state index is 0.596. The molecule has 0 spiro atoms. The molecule has 0 saturated heterocycles. The minimum Gasteiger partial charge on any atom is -0.461 e. The lowest BCUT2D eigenvalue weighted by molar-refractivity contribution is 0.246. The molecule has 0 bridgehead atoms. The third kappa shape index (κ3) is 4.25. The van der Waals surface area contributed by atoms with Gasteiger partial charge in [-0.1, -0.05) is 43.5 Å². The zero-order valence-corrected chi connectivity index (χ0v) is 18.9. The molecule has 170 valence electrons. The van der Waals surface area contributed by atoms with Crippen molar-refractivity contribution in [3.05, 3.63) is 65.5 Å². The summed E-state index contributed by atoms with van der Waals surface area (Å²) in [5.41, 5.74) is 4.81. The quantitative estimate of drug-likeness (QED) is 0.456. The Morgan fingerprint density at radius 1 is 1.03 bits per heavy atom. The highest BCUT2D eigenvalue weighted by Crippen LogP contribution is 2.26. The van der Waals surface area contributed by atoms with Crippen molar-refractivity contribution in [3.63, 3.8) is 0 Å². The Labute approximate surface area is 193 Å². The van der Waals surface area contributed by atoms with E-state index in [1.54, 1.807) is 6.26 Å². The zero-order valence-electron chi connectivity index (χ0n) is 18.9. The number of hydrogen-bond donors (Lipinski definition) is 1. The van der Waals surface area contributed by atoms with Gasteiger partial charge in [-0.15, -0.1) is 5.10 Å². The summed E-state index contributed by atoms with van der Waals surface area (Å²) in [6, 6.07) is 12.5. The van der Waals surface area contributed by atoms with Gasteiger partial charge in [-0.3, -0.25) is 4.90 Å². The lowest BCUT2D eigenvalue weighted by Crippen LogP contribution is -2.30. The predicted molar refractivity (Wildman–Crippen MR) is 128 cm³/mol. The van der Waals surface area contributed by atoms with Crippen molar-refractivity contribution in [1.82, 2.24) is 24.5 Å². The highest BCUT2D eigenvalue weighted by molar-refractivity contribution is 5.58. The molecule has 3 aromatic heterocycles. The maximum atomic E-state index is 5.58. The highest BCUT2D eigenvalue weighted by Gasteiger charge is 2.21. The van der Waals surface area contributed by atoms with Crippen LogP contribution in [0, 0.1) is 5.92 Å². The van der Waals surface area contributed by atoms with Gasteiger partial charge in [0, 0.05) is 37.9 Å². The van der Waals surface area contributed by atoms with Crippen LogP contribution in [0.25, 0.3) is 17.2 Å². The molecule has 1 aliphatic heterocycles. The van der Waals surface area contributed by atoms with Gasteiger partial charge in [0.1, 0.15) is 0 Å². The first-order chi connectivity index (χ1) is 16.3. The van der Waals surface area contributed by atoms with Crippen LogP contribution in [0.15, 0.2) is 53.3 Å². The number of furan rings is 1. The molecule has 1 fully saturated rings. The Balaban J connectivity index is 1.29. The smallest absolute Gasteiger partial charge is 0.225 e. The summed E-state index contributed by atoms with van der Waals surface area (Å²) < 4.78 is 7.45. The van der Waals surface area contributed by atoms with Gasteiger partial charge in [-0.2, -0.15) is 4.52 Å². The number of anilines is 1. The number of hydrogen-bond acceptors (Lipinski definition) is 6. The van der Waals surface area contributed by atoms with E-state index in [-0.39, 0.29) is 0 Å². The number of aromatic nitrogens is 4. The number of fused-ring (bicyclic) bond motifs is 2. The summed E-state index contributed by atoms with van der Waals surface area (Å²) >= 11 is 0. The standard InChI is InChI=1S/C26H30N6O/c1-2-7-19(8-3-1)15-27-26-28-16-22(18-31-13-12-20-9-4-5-10-21(20)17-31)25-29-24(30-32(25)26)23-11-6-14-33-23/h4-6,9-11,14,16,19H,1-3,7-8,12-13,15,17-18H2,(H,27,28). The average Bonchev–Trinajstić information content (AvgIpc) is 3.55. The molecule has 4 heterocycles. The average molecular weight is 443 g/mol. The van der Waals surface area contributed by atoms with Crippen LogP contribution < -0.4 is 5.32 Å². The number of nitrogens with zero attached hydrogens (tertiary/aromatic N) is 5. The molecule has 6 rings (SSSR count). The summed E-state index contributed by atoms with van der Waals surface area (Å²) in [7, 11) is 0. The van der Waals surface area contributed by atoms with Crippen LogP contribution >= 0.6 is 0 Å². The maximum absolute atomic E-state index is 5.58. The highest BCUT2D eigenvalue weighted by atomic mass is 16.3. The Hall–Kier alpha value is -3.19. The van der Waals surface area contributed by atoms with Crippen molar-refractivity contribution in [1.29, 1.82) is 0 Å². The fraction of sp³-hybridized carbons (Fsp3) is 0.423.